The van der Waals surface area contributed by atoms with Crippen LogP contribution >= 0.6 is 0 Å². The highest BCUT2D eigenvalue weighted by atomic mass is 16.6. The quantitative estimate of drug-likeness (QED) is 0.0574. The smallest absolute Gasteiger partial charge is 0.306 e. The van der Waals surface area contributed by atoms with Crippen molar-refractivity contribution in [1.82, 2.24) is 0 Å². The van der Waals surface area contributed by atoms with E-state index in [9.17, 15) is 14.7 Å². The van der Waals surface area contributed by atoms with Crippen molar-refractivity contribution in [2.75, 3.05) is 13.2 Å². The molecule has 0 aromatic heterocycles. The van der Waals surface area contributed by atoms with Gasteiger partial charge in [-0.2, -0.15) is 0 Å². The largest absolute Gasteiger partial charge is 0.462 e. The van der Waals surface area contributed by atoms with E-state index in [1.165, 1.54) is 70.6 Å². The molecule has 5 nitrogen and oxygen atoms in total. The van der Waals surface area contributed by atoms with Gasteiger partial charge in [-0.25, -0.2) is 0 Å². The number of aliphatic hydroxyl groups excluding tert-OH is 1. The fraction of sp³-hybridized carbons (Fsp3) is 0.667. The third-order valence-electron chi connectivity index (χ3n) is 6.70. The van der Waals surface area contributed by atoms with Crippen LogP contribution in [0.25, 0.3) is 0 Å². The van der Waals surface area contributed by atoms with Gasteiger partial charge in [0.05, 0.1) is 6.61 Å². The fourth-order valence-electron chi connectivity index (χ4n) is 4.23. The molecule has 1 atom stereocenters. The van der Waals surface area contributed by atoms with E-state index < -0.39 is 6.10 Å². The Balaban J connectivity index is 3.72. The number of aliphatic hydroxyl groups is 1. The van der Waals surface area contributed by atoms with E-state index in [0.717, 1.165) is 32.1 Å². The first-order valence-corrected chi connectivity index (χ1v) is 16.4. The standard InChI is InChI=1S/C36H60O5/c1-3-5-7-9-11-13-15-17-19-21-23-25-27-29-31-36(39)41-34(32-37)33-40-35(38)30-28-26-24-22-20-18-16-14-12-10-8-6-4-2/h6,8,10,12,14,16,18,20,22,24,34,37H,3-5,7,9,11,13,15,17,19,21,23,25-33H2,1-2H3/b8-6+,12-10+,16-14+,20-18+,24-22+. The van der Waals surface area contributed by atoms with Crippen LogP contribution in [0.1, 0.15) is 136 Å². The Hall–Kier alpha value is -2.40. The van der Waals surface area contributed by atoms with Gasteiger partial charge in [-0.15, -0.1) is 0 Å². The van der Waals surface area contributed by atoms with E-state index in [1.807, 2.05) is 54.7 Å². The van der Waals surface area contributed by atoms with Crippen LogP contribution in [-0.4, -0.2) is 36.4 Å². The first kappa shape index (κ1) is 38.6. The van der Waals surface area contributed by atoms with Crippen LogP contribution in [0.15, 0.2) is 60.8 Å². The Morgan fingerprint density at radius 2 is 1.05 bits per heavy atom. The lowest BCUT2D eigenvalue weighted by Crippen LogP contribution is -2.28. The molecule has 0 rings (SSSR count). The molecule has 0 bridgehead atoms. The summed E-state index contributed by atoms with van der Waals surface area (Å²) in [6.45, 7) is 3.90. The maximum absolute atomic E-state index is 12.1. The minimum atomic E-state index is -0.798. The zero-order valence-corrected chi connectivity index (χ0v) is 26.3. The number of allylic oxidation sites excluding steroid dienone is 10. The molecular weight excluding hydrogens is 512 g/mol. The van der Waals surface area contributed by atoms with E-state index in [-0.39, 0.29) is 31.6 Å². The predicted molar refractivity (Wildman–Crippen MR) is 173 cm³/mol. The Morgan fingerprint density at radius 1 is 0.585 bits per heavy atom. The highest BCUT2D eigenvalue weighted by Gasteiger charge is 2.15. The van der Waals surface area contributed by atoms with Gasteiger partial charge in [-0.1, -0.05) is 158 Å². The molecular formula is C36H60O5. The number of carbonyl (C=O) groups is 2. The zero-order valence-electron chi connectivity index (χ0n) is 26.3. The lowest BCUT2D eigenvalue weighted by atomic mass is 10.0. The van der Waals surface area contributed by atoms with Crippen molar-refractivity contribution in [3.8, 4) is 0 Å². The van der Waals surface area contributed by atoms with Gasteiger partial charge >= 0.3 is 11.9 Å². The molecule has 0 saturated carbocycles. The fourth-order valence-corrected chi connectivity index (χ4v) is 4.23. The third-order valence-corrected chi connectivity index (χ3v) is 6.70. The Kier molecular flexibility index (Phi) is 30.2. The van der Waals surface area contributed by atoms with Crippen molar-refractivity contribution in [3.05, 3.63) is 60.8 Å². The summed E-state index contributed by atoms with van der Waals surface area (Å²) in [5.41, 5.74) is 0. The molecule has 0 saturated heterocycles. The average molecular weight is 573 g/mol. The second-order valence-corrected chi connectivity index (χ2v) is 10.6. The maximum atomic E-state index is 12.1. The molecule has 0 aliphatic rings. The highest BCUT2D eigenvalue weighted by molar-refractivity contribution is 5.70. The van der Waals surface area contributed by atoms with Gasteiger partial charge in [0.15, 0.2) is 6.10 Å². The van der Waals surface area contributed by atoms with Gasteiger partial charge in [0.2, 0.25) is 0 Å². The lowest BCUT2D eigenvalue weighted by molar-refractivity contribution is -0.161. The summed E-state index contributed by atoms with van der Waals surface area (Å²) in [5.74, 6) is -0.682. The number of unbranched alkanes of at least 4 members (excludes halogenated alkanes) is 14. The number of rotatable bonds is 28. The Morgan fingerprint density at radius 3 is 1.56 bits per heavy atom. The topological polar surface area (TPSA) is 72.8 Å². The molecule has 0 aliphatic heterocycles. The van der Waals surface area contributed by atoms with Crippen molar-refractivity contribution >= 4 is 11.9 Å². The summed E-state index contributed by atoms with van der Waals surface area (Å²) >= 11 is 0. The zero-order chi connectivity index (χ0) is 30.1. The summed E-state index contributed by atoms with van der Waals surface area (Å²) in [6, 6.07) is 0. The molecule has 0 heterocycles. The van der Waals surface area contributed by atoms with Gasteiger partial charge in [0.1, 0.15) is 6.61 Å². The van der Waals surface area contributed by atoms with Gasteiger partial charge in [-0.3, -0.25) is 9.59 Å². The second-order valence-electron chi connectivity index (χ2n) is 10.6. The van der Waals surface area contributed by atoms with Crippen molar-refractivity contribution in [2.24, 2.45) is 0 Å². The first-order valence-electron chi connectivity index (χ1n) is 16.4. The number of carbonyl (C=O) groups excluding carboxylic acids is 2. The van der Waals surface area contributed by atoms with Crippen LogP contribution in [0, 0.1) is 0 Å². The van der Waals surface area contributed by atoms with E-state index in [2.05, 4.69) is 19.9 Å². The van der Waals surface area contributed by atoms with Gasteiger partial charge in [0.25, 0.3) is 0 Å². The Bertz CT molecular complexity index is 747. The molecule has 0 aromatic rings. The first-order chi connectivity index (χ1) is 20.1. The summed E-state index contributed by atoms with van der Waals surface area (Å²) < 4.78 is 10.5. The van der Waals surface area contributed by atoms with Gasteiger partial charge < -0.3 is 14.6 Å². The molecule has 0 radical (unpaired) electrons. The molecule has 5 heteroatoms. The molecule has 1 unspecified atom stereocenters. The minimum absolute atomic E-state index is 0.104. The van der Waals surface area contributed by atoms with Crippen molar-refractivity contribution in [1.29, 1.82) is 0 Å². The number of hydrogen-bond donors (Lipinski definition) is 1. The van der Waals surface area contributed by atoms with Crippen LogP contribution in [0.3, 0.4) is 0 Å². The predicted octanol–water partition coefficient (Wildman–Crippen LogP) is 9.67. The summed E-state index contributed by atoms with van der Waals surface area (Å²) in [4.78, 5) is 24.1. The SMILES string of the molecule is CC/C=C/C=C/C=C/C=C/C=C/CCCC(=O)OCC(CO)OC(=O)CCCCCCCCCCCCCCCC. The van der Waals surface area contributed by atoms with E-state index >= 15 is 0 Å². The molecule has 0 fully saturated rings. The van der Waals surface area contributed by atoms with Crippen LogP contribution in [0.5, 0.6) is 0 Å². The van der Waals surface area contributed by atoms with Crippen LogP contribution in [0.4, 0.5) is 0 Å². The van der Waals surface area contributed by atoms with Gasteiger partial charge in [0, 0.05) is 12.8 Å². The molecule has 0 spiro atoms. The lowest BCUT2D eigenvalue weighted by Gasteiger charge is -2.15. The number of hydrogen-bond acceptors (Lipinski definition) is 5. The van der Waals surface area contributed by atoms with Crippen molar-refractivity contribution in [2.45, 2.75) is 142 Å². The third kappa shape index (κ3) is 30.4. The van der Waals surface area contributed by atoms with E-state index in [1.54, 1.807) is 0 Å². The highest BCUT2D eigenvalue weighted by Crippen LogP contribution is 2.13. The second kappa shape index (κ2) is 32.1. The van der Waals surface area contributed by atoms with Gasteiger partial charge in [-0.05, 0) is 25.7 Å². The molecule has 234 valence electrons. The molecule has 0 aromatic carbocycles. The van der Waals surface area contributed by atoms with E-state index in [4.69, 9.17) is 9.47 Å². The molecule has 41 heavy (non-hydrogen) atoms. The summed E-state index contributed by atoms with van der Waals surface area (Å²) in [7, 11) is 0. The van der Waals surface area contributed by atoms with Crippen LogP contribution < -0.4 is 0 Å². The summed E-state index contributed by atoms with van der Waals surface area (Å²) in [6.07, 6.45) is 39.9. The Labute approximate surface area is 251 Å². The number of ether oxygens (including phenoxy) is 2. The van der Waals surface area contributed by atoms with Crippen molar-refractivity contribution < 1.29 is 24.2 Å². The average Bonchev–Trinajstić information content (AvgIpc) is 2.97. The summed E-state index contributed by atoms with van der Waals surface area (Å²) in [5, 5.41) is 9.49. The number of esters is 2. The maximum Gasteiger partial charge on any atom is 0.306 e. The molecule has 1 N–H and O–H groups in total. The van der Waals surface area contributed by atoms with Crippen LogP contribution in [-0.2, 0) is 19.1 Å². The normalized spacial score (nSPS) is 13.0. The molecule has 0 aliphatic carbocycles. The minimum Gasteiger partial charge on any atom is -0.462 e. The molecule has 0 amide bonds. The van der Waals surface area contributed by atoms with E-state index in [0.29, 0.717) is 12.8 Å². The van der Waals surface area contributed by atoms with Crippen molar-refractivity contribution in [3.63, 3.8) is 0 Å². The monoisotopic (exact) mass is 572 g/mol. The van der Waals surface area contributed by atoms with Crippen LogP contribution in [0.2, 0.25) is 0 Å².